The number of H-pyrrole nitrogens is 1. The molecule has 0 amide bonds. The number of ether oxygens (including phenoxy) is 2. The van der Waals surface area contributed by atoms with Crippen LogP contribution in [-0.4, -0.2) is 98.8 Å². The molecule has 1 aromatic carbocycles. The van der Waals surface area contributed by atoms with Crippen LogP contribution in [0, 0.1) is 5.41 Å². The summed E-state index contributed by atoms with van der Waals surface area (Å²) in [4.78, 5) is 32.7. The van der Waals surface area contributed by atoms with E-state index in [-0.39, 0.29) is 5.41 Å². The molecule has 0 atom stereocenters. The highest BCUT2D eigenvalue weighted by atomic mass is 16.8. The van der Waals surface area contributed by atoms with Gasteiger partial charge in [-0.05, 0) is 58.1 Å². The topological polar surface area (TPSA) is 113 Å². The van der Waals surface area contributed by atoms with Gasteiger partial charge in [-0.25, -0.2) is 14.8 Å². The van der Waals surface area contributed by atoms with Gasteiger partial charge < -0.3 is 23.6 Å². The summed E-state index contributed by atoms with van der Waals surface area (Å²) >= 11 is 0. The molecule has 228 valence electrons. The number of likely N-dealkylation sites (tertiary alicyclic amines) is 1. The summed E-state index contributed by atoms with van der Waals surface area (Å²) in [6.45, 7) is 12.7. The van der Waals surface area contributed by atoms with Crippen molar-refractivity contribution in [2.75, 3.05) is 57.4 Å². The molecule has 12 nitrogen and oxygen atoms in total. The van der Waals surface area contributed by atoms with Gasteiger partial charge in [-0.2, -0.15) is 5.10 Å². The van der Waals surface area contributed by atoms with Crippen LogP contribution >= 0.6 is 0 Å². The van der Waals surface area contributed by atoms with Crippen molar-refractivity contribution in [1.82, 2.24) is 34.5 Å². The third kappa shape index (κ3) is 5.91. The van der Waals surface area contributed by atoms with Gasteiger partial charge in [0.2, 0.25) is 0 Å². The molecule has 3 aromatic heterocycles. The van der Waals surface area contributed by atoms with Gasteiger partial charge in [-0.3, -0.25) is 10.00 Å². The Morgan fingerprint density at radius 2 is 1.84 bits per heavy atom. The fraction of sp³-hybridized carbons (Fsp3) is 0.548. The lowest BCUT2D eigenvalue weighted by Crippen LogP contribution is -2.43. The molecule has 0 unspecified atom stereocenters. The number of carbonyl (C=O) groups excluding carboxylic acids is 1. The maximum atomic E-state index is 12.1. The van der Waals surface area contributed by atoms with Crippen LogP contribution in [0.25, 0.3) is 27.8 Å². The summed E-state index contributed by atoms with van der Waals surface area (Å²) in [5.41, 5.74) is 4.52. The van der Waals surface area contributed by atoms with Crippen LogP contribution in [0.15, 0.2) is 36.8 Å². The first-order valence-electron chi connectivity index (χ1n) is 15.3. The van der Waals surface area contributed by atoms with Crippen molar-refractivity contribution in [3.8, 4) is 11.3 Å². The number of fused-ring (bicyclic) bond motifs is 2. The Balaban J connectivity index is 1.08. The zero-order valence-electron chi connectivity index (χ0n) is 25.2. The second kappa shape index (κ2) is 11.1. The van der Waals surface area contributed by atoms with Gasteiger partial charge in [-0.15, -0.1) is 5.06 Å². The second-order valence-electron chi connectivity index (χ2n) is 13.1. The van der Waals surface area contributed by atoms with E-state index in [9.17, 15) is 4.79 Å². The molecule has 43 heavy (non-hydrogen) atoms. The molecule has 3 fully saturated rings. The van der Waals surface area contributed by atoms with Crippen molar-refractivity contribution in [1.29, 1.82) is 0 Å². The van der Waals surface area contributed by atoms with Gasteiger partial charge in [0.15, 0.2) is 11.5 Å². The predicted molar refractivity (Wildman–Crippen MR) is 162 cm³/mol. The van der Waals surface area contributed by atoms with Crippen LogP contribution < -0.4 is 4.90 Å². The van der Waals surface area contributed by atoms with Crippen molar-refractivity contribution in [2.24, 2.45) is 5.41 Å². The average molecular weight is 589 g/mol. The second-order valence-corrected chi connectivity index (χ2v) is 13.1. The quantitative estimate of drug-likeness (QED) is 0.339. The lowest BCUT2D eigenvalue weighted by atomic mass is 9.78. The monoisotopic (exact) mass is 588 g/mol. The fourth-order valence-electron chi connectivity index (χ4n) is 6.64. The number of anilines is 1. The van der Waals surface area contributed by atoms with E-state index in [0.717, 1.165) is 104 Å². The van der Waals surface area contributed by atoms with E-state index in [4.69, 9.17) is 24.3 Å². The lowest BCUT2D eigenvalue weighted by Gasteiger charge is -2.38. The van der Waals surface area contributed by atoms with Gasteiger partial charge in [0.1, 0.15) is 5.60 Å². The number of nitrogens with one attached hydrogen (secondary N) is 1. The highest BCUT2D eigenvalue weighted by Gasteiger charge is 2.41. The first kappa shape index (κ1) is 28.1. The molecule has 12 heteroatoms. The van der Waals surface area contributed by atoms with Gasteiger partial charge in [0.05, 0.1) is 36.3 Å². The number of aromatic amines is 1. The van der Waals surface area contributed by atoms with E-state index in [1.807, 2.05) is 39.1 Å². The van der Waals surface area contributed by atoms with Crippen molar-refractivity contribution in [3.05, 3.63) is 42.5 Å². The molecule has 0 radical (unpaired) electrons. The molecule has 0 bridgehead atoms. The number of piperidine rings is 1. The van der Waals surface area contributed by atoms with Crippen LogP contribution in [0.2, 0.25) is 0 Å². The van der Waals surface area contributed by atoms with E-state index in [1.165, 1.54) is 0 Å². The maximum absolute atomic E-state index is 12.1. The molecule has 0 aliphatic carbocycles. The van der Waals surface area contributed by atoms with Gasteiger partial charge in [0.25, 0.3) is 0 Å². The Labute approximate surface area is 250 Å². The number of imidazole rings is 1. The Kier molecular flexibility index (Phi) is 7.22. The summed E-state index contributed by atoms with van der Waals surface area (Å²) in [7, 11) is 0. The summed E-state index contributed by atoms with van der Waals surface area (Å²) < 4.78 is 13.1. The van der Waals surface area contributed by atoms with Crippen molar-refractivity contribution in [3.63, 3.8) is 0 Å². The molecule has 3 aliphatic rings. The Hall–Kier alpha value is -3.74. The number of carbonyl (C=O) groups is 1. The van der Waals surface area contributed by atoms with E-state index < -0.39 is 11.8 Å². The third-order valence-corrected chi connectivity index (χ3v) is 8.82. The number of aromatic nitrogens is 5. The van der Waals surface area contributed by atoms with Crippen LogP contribution in [0.5, 0.6) is 0 Å². The van der Waals surface area contributed by atoms with Crippen molar-refractivity contribution < 1.29 is 19.1 Å². The number of hydrogen-bond acceptors (Lipinski definition) is 10. The smallest absolute Gasteiger partial charge is 0.427 e. The molecule has 4 aromatic rings. The van der Waals surface area contributed by atoms with Crippen molar-refractivity contribution >= 4 is 28.5 Å². The van der Waals surface area contributed by atoms with E-state index in [0.29, 0.717) is 13.2 Å². The molecular weight excluding hydrogens is 548 g/mol. The van der Waals surface area contributed by atoms with Gasteiger partial charge in [-0.1, -0.05) is 12.1 Å². The maximum Gasteiger partial charge on any atom is 0.528 e. The third-order valence-electron chi connectivity index (χ3n) is 8.82. The molecule has 0 saturated carbocycles. The Bertz CT molecular complexity index is 1610. The van der Waals surface area contributed by atoms with Crippen LogP contribution in [0.3, 0.4) is 0 Å². The predicted octanol–water partition coefficient (Wildman–Crippen LogP) is 4.26. The molecule has 3 aliphatic heterocycles. The lowest BCUT2D eigenvalue weighted by molar-refractivity contribution is -0.162. The highest BCUT2D eigenvalue weighted by Crippen LogP contribution is 2.41. The van der Waals surface area contributed by atoms with Crippen LogP contribution in [0.1, 0.15) is 45.7 Å². The molecule has 1 N–H and O–H groups in total. The minimum atomic E-state index is -0.626. The SMILES string of the molecule is CC(C)(C)OC(=O)ON1CCC2(CCN(Cc3cn4cc(-c5cccc6[nH]ncc56)nc(N5CCOCC5)c4n3)C2)CC1. The van der Waals surface area contributed by atoms with Gasteiger partial charge in [0, 0.05) is 62.6 Å². The first-order chi connectivity index (χ1) is 20.7. The highest BCUT2D eigenvalue weighted by molar-refractivity contribution is 5.93. The minimum Gasteiger partial charge on any atom is -0.427 e. The minimum absolute atomic E-state index is 0.240. The Morgan fingerprint density at radius 3 is 2.63 bits per heavy atom. The molecule has 3 saturated heterocycles. The van der Waals surface area contributed by atoms with Crippen LogP contribution in [0.4, 0.5) is 10.6 Å². The van der Waals surface area contributed by atoms with E-state index in [2.05, 4.69) is 42.9 Å². The standard InChI is InChI=1S/C31H40N8O4/c1-30(2,3)42-29(40)43-39-11-8-31(9-12-39)7-10-36(21-31)18-22-19-38-20-26(23-5-4-6-25-24(23)17-32-35-25)34-28(27(38)33-22)37-13-15-41-16-14-37/h4-6,17,19-20H,7-16,18,21H2,1-3H3,(H,32,35). The number of nitrogens with zero attached hydrogens (tertiary/aromatic N) is 7. The van der Waals surface area contributed by atoms with Crippen LogP contribution in [-0.2, 0) is 20.9 Å². The normalized spacial score (nSPS) is 19.9. The average Bonchev–Trinajstić information content (AvgIpc) is 3.72. The van der Waals surface area contributed by atoms with E-state index in [1.54, 1.807) is 5.06 Å². The molecular formula is C31H40N8O4. The summed E-state index contributed by atoms with van der Waals surface area (Å²) in [6.07, 6.45) is 8.60. The largest absolute Gasteiger partial charge is 0.528 e. The molecule has 1 spiro atoms. The number of benzene rings is 1. The number of hydroxylamine groups is 2. The molecule has 6 heterocycles. The Morgan fingerprint density at radius 1 is 1.05 bits per heavy atom. The zero-order valence-corrected chi connectivity index (χ0v) is 25.2. The first-order valence-corrected chi connectivity index (χ1v) is 15.3. The zero-order chi connectivity index (χ0) is 29.6. The number of hydrogen-bond donors (Lipinski definition) is 1. The number of rotatable bonds is 5. The number of morpholine rings is 1. The summed E-state index contributed by atoms with van der Waals surface area (Å²) in [6, 6.07) is 6.16. The van der Waals surface area contributed by atoms with Gasteiger partial charge >= 0.3 is 6.16 Å². The van der Waals surface area contributed by atoms with E-state index >= 15 is 0 Å². The molecule has 7 rings (SSSR count). The summed E-state index contributed by atoms with van der Waals surface area (Å²) in [5, 5.41) is 10.1. The fourth-order valence-corrected chi connectivity index (χ4v) is 6.64. The van der Waals surface area contributed by atoms with Crippen molar-refractivity contribution in [2.45, 2.75) is 52.2 Å². The summed E-state index contributed by atoms with van der Waals surface area (Å²) in [5.74, 6) is 0.891.